The summed E-state index contributed by atoms with van der Waals surface area (Å²) in [6.07, 6.45) is 3.22. The van der Waals surface area contributed by atoms with Crippen LogP contribution in [0.1, 0.15) is 26.5 Å². The van der Waals surface area contributed by atoms with Crippen molar-refractivity contribution in [2.45, 2.75) is 38.8 Å². The van der Waals surface area contributed by atoms with E-state index in [-0.39, 0.29) is 12.6 Å². The molecule has 0 saturated heterocycles. The molecule has 3 aromatic rings. The van der Waals surface area contributed by atoms with Crippen LogP contribution < -0.4 is 10.1 Å². The maximum absolute atomic E-state index is 12.1. The van der Waals surface area contributed by atoms with Gasteiger partial charge in [-0.3, -0.25) is 0 Å². The van der Waals surface area contributed by atoms with E-state index in [4.69, 9.17) is 25.6 Å². The van der Waals surface area contributed by atoms with Crippen molar-refractivity contribution in [3.63, 3.8) is 0 Å². The zero-order valence-electron chi connectivity index (χ0n) is 15.3. The highest BCUT2D eigenvalue weighted by Gasteiger charge is 2.21. The molecule has 0 fully saturated rings. The maximum atomic E-state index is 12.1. The molecule has 0 radical (unpaired) electrons. The number of carbonyl (C=O) groups excluding carboxylic acids is 1. The molecule has 2 aromatic heterocycles. The predicted octanol–water partition coefficient (Wildman–Crippen LogP) is 3.72. The zero-order valence-corrected chi connectivity index (χ0v) is 16.0. The first-order chi connectivity index (χ1) is 12.8. The number of aromatic nitrogens is 3. The van der Waals surface area contributed by atoms with Crippen molar-refractivity contribution in [2.75, 3.05) is 6.61 Å². The van der Waals surface area contributed by atoms with Crippen LogP contribution >= 0.6 is 11.6 Å². The summed E-state index contributed by atoms with van der Waals surface area (Å²) in [6.45, 7) is 5.57. The molecule has 3 rings (SSSR count). The molecule has 1 atom stereocenters. The van der Waals surface area contributed by atoms with Gasteiger partial charge in [-0.05, 0) is 44.1 Å². The maximum Gasteiger partial charge on any atom is 0.408 e. The molecule has 0 spiro atoms. The average Bonchev–Trinajstić information content (AvgIpc) is 3.20. The number of imidazole rings is 1. The summed E-state index contributed by atoms with van der Waals surface area (Å²) < 4.78 is 16.3. The van der Waals surface area contributed by atoms with E-state index in [1.165, 1.54) is 0 Å². The molecule has 144 valence electrons. The fraction of sp³-hybridized carbons (Fsp3) is 0.389. The predicted molar refractivity (Wildman–Crippen MR) is 100.0 cm³/mol. The van der Waals surface area contributed by atoms with Crippen molar-refractivity contribution >= 4 is 28.7 Å². The average molecular weight is 393 g/mol. The number of carbonyl (C=O) groups is 1. The largest absolute Gasteiger partial charge is 0.473 e. The van der Waals surface area contributed by atoms with Crippen LogP contribution in [-0.4, -0.2) is 39.5 Å². The molecule has 2 heterocycles. The van der Waals surface area contributed by atoms with Crippen LogP contribution in [0, 0.1) is 0 Å². The Morgan fingerprint density at radius 1 is 1.41 bits per heavy atom. The molecule has 27 heavy (non-hydrogen) atoms. The van der Waals surface area contributed by atoms with Gasteiger partial charge in [0.2, 0.25) is 0 Å². The van der Waals surface area contributed by atoms with E-state index >= 15 is 0 Å². The van der Waals surface area contributed by atoms with Crippen LogP contribution in [0.15, 0.2) is 35.2 Å². The SMILES string of the molecule is CC(C)(C)OC(=O)NC(COc1noc2ccc(Cl)cc12)Cc1cnc[nH]1. The van der Waals surface area contributed by atoms with Crippen molar-refractivity contribution in [1.29, 1.82) is 0 Å². The third-order valence-corrected chi connectivity index (χ3v) is 3.80. The van der Waals surface area contributed by atoms with Crippen molar-refractivity contribution in [3.05, 3.63) is 41.4 Å². The van der Waals surface area contributed by atoms with Gasteiger partial charge in [0.1, 0.15) is 12.2 Å². The van der Waals surface area contributed by atoms with Gasteiger partial charge in [0.15, 0.2) is 5.58 Å². The normalized spacial score (nSPS) is 12.7. The van der Waals surface area contributed by atoms with E-state index in [0.29, 0.717) is 28.3 Å². The van der Waals surface area contributed by atoms with E-state index in [0.717, 1.165) is 5.69 Å². The Morgan fingerprint density at radius 2 is 2.22 bits per heavy atom. The van der Waals surface area contributed by atoms with Gasteiger partial charge in [-0.15, -0.1) is 0 Å². The van der Waals surface area contributed by atoms with E-state index < -0.39 is 11.7 Å². The lowest BCUT2D eigenvalue weighted by Crippen LogP contribution is -2.43. The molecule has 2 N–H and O–H groups in total. The number of fused-ring (bicyclic) bond motifs is 1. The second-order valence-corrected chi connectivity index (χ2v) is 7.50. The number of alkyl carbamates (subject to hydrolysis) is 1. The van der Waals surface area contributed by atoms with Crippen molar-refractivity contribution < 1.29 is 18.8 Å². The number of benzene rings is 1. The van der Waals surface area contributed by atoms with Gasteiger partial charge in [0.25, 0.3) is 5.88 Å². The van der Waals surface area contributed by atoms with E-state index in [1.807, 2.05) is 0 Å². The number of hydrogen-bond acceptors (Lipinski definition) is 6. The second kappa shape index (κ2) is 7.87. The lowest BCUT2D eigenvalue weighted by atomic mass is 10.2. The van der Waals surface area contributed by atoms with E-state index in [2.05, 4.69) is 20.4 Å². The Bertz CT molecular complexity index is 902. The van der Waals surface area contributed by atoms with Gasteiger partial charge in [0.05, 0.1) is 17.8 Å². The van der Waals surface area contributed by atoms with E-state index in [9.17, 15) is 4.79 Å². The van der Waals surface area contributed by atoms with Gasteiger partial charge < -0.3 is 24.3 Å². The minimum Gasteiger partial charge on any atom is -0.473 e. The number of nitrogens with zero attached hydrogens (tertiary/aromatic N) is 2. The van der Waals surface area contributed by atoms with Gasteiger partial charge >= 0.3 is 6.09 Å². The molecule has 0 aliphatic heterocycles. The van der Waals surface area contributed by atoms with Gasteiger partial charge in [-0.25, -0.2) is 9.78 Å². The minimum absolute atomic E-state index is 0.159. The molecule has 0 bridgehead atoms. The third kappa shape index (κ3) is 5.37. The summed E-state index contributed by atoms with van der Waals surface area (Å²) in [7, 11) is 0. The first-order valence-electron chi connectivity index (χ1n) is 8.44. The van der Waals surface area contributed by atoms with E-state index in [1.54, 1.807) is 51.5 Å². The molecular formula is C18H21ClN4O4. The summed E-state index contributed by atoms with van der Waals surface area (Å²) in [5.74, 6) is 0.313. The number of amides is 1. The molecular weight excluding hydrogens is 372 g/mol. The smallest absolute Gasteiger partial charge is 0.408 e. The molecule has 1 unspecified atom stereocenters. The zero-order chi connectivity index (χ0) is 19.4. The number of H-pyrrole nitrogens is 1. The quantitative estimate of drug-likeness (QED) is 0.662. The van der Waals surface area contributed by atoms with Crippen molar-refractivity contribution in [1.82, 2.24) is 20.4 Å². The van der Waals surface area contributed by atoms with Crippen molar-refractivity contribution in [3.8, 4) is 5.88 Å². The first kappa shape index (κ1) is 19.0. The molecule has 0 saturated carbocycles. The number of nitrogens with one attached hydrogen (secondary N) is 2. The van der Waals surface area contributed by atoms with Crippen LogP contribution in [0.3, 0.4) is 0 Å². The van der Waals surface area contributed by atoms with Crippen molar-refractivity contribution in [2.24, 2.45) is 0 Å². The third-order valence-electron chi connectivity index (χ3n) is 3.56. The monoisotopic (exact) mass is 392 g/mol. The van der Waals surface area contributed by atoms with Gasteiger partial charge in [-0.2, -0.15) is 0 Å². The molecule has 9 heteroatoms. The number of halogens is 1. The molecule has 0 aliphatic rings. The summed E-state index contributed by atoms with van der Waals surface area (Å²) in [4.78, 5) is 19.2. The summed E-state index contributed by atoms with van der Waals surface area (Å²) >= 11 is 6.03. The minimum atomic E-state index is -0.595. The Morgan fingerprint density at radius 3 is 2.93 bits per heavy atom. The topological polar surface area (TPSA) is 102 Å². The summed E-state index contributed by atoms with van der Waals surface area (Å²) in [6, 6.07) is 4.78. The van der Waals surface area contributed by atoms with Crippen LogP contribution in [0.5, 0.6) is 5.88 Å². The Kier molecular flexibility index (Phi) is 5.55. The lowest BCUT2D eigenvalue weighted by molar-refractivity contribution is 0.0486. The Labute approximate surface area is 161 Å². The Balaban J connectivity index is 1.70. The highest BCUT2D eigenvalue weighted by Crippen LogP contribution is 2.27. The van der Waals surface area contributed by atoms with Crippen LogP contribution in [0.4, 0.5) is 4.79 Å². The fourth-order valence-corrected chi connectivity index (χ4v) is 2.63. The van der Waals surface area contributed by atoms with Gasteiger partial charge in [0, 0.05) is 23.3 Å². The second-order valence-electron chi connectivity index (χ2n) is 7.06. The van der Waals surface area contributed by atoms with Crippen LogP contribution in [-0.2, 0) is 11.2 Å². The molecule has 0 aliphatic carbocycles. The van der Waals surface area contributed by atoms with Crippen LogP contribution in [0.25, 0.3) is 11.0 Å². The number of hydrogen-bond donors (Lipinski definition) is 2. The summed E-state index contributed by atoms with van der Waals surface area (Å²) in [5.41, 5.74) is 0.829. The summed E-state index contributed by atoms with van der Waals surface area (Å²) in [5, 5.41) is 7.96. The number of ether oxygens (including phenoxy) is 2. The molecule has 8 nitrogen and oxygen atoms in total. The highest BCUT2D eigenvalue weighted by atomic mass is 35.5. The first-order valence-corrected chi connectivity index (χ1v) is 8.82. The Hall–Kier alpha value is -2.74. The van der Waals surface area contributed by atoms with Crippen LogP contribution in [0.2, 0.25) is 5.02 Å². The fourth-order valence-electron chi connectivity index (χ4n) is 2.46. The molecule has 1 amide bonds. The lowest BCUT2D eigenvalue weighted by Gasteiger charge is -2.23. The highest BCUT2D eigenvalue weighted by molar-refractivity contribution is 6.31. The standard InChI is InChI=1S/C18H21ClN4O4/c1-18(2,3)26-17(24)22-13(7-12-8-20-10-21-12)9-25-16-14-6-11(19)4-5-15(14)27-23-16/h4-6,8,10,13H,7,9H2,1-3H3,(H,20,21)(H,22,24). The molecule has 1 aromatic carbocycles. The van der Waals surface area contributed by atoms with Gasteiger partial charge in [-0.1, -0.05) is 11.6 Å². The number of aromatic amines is 1. The number of rotatable bonds is 6.